The van der Waals surface area contributed by atoms with Crippen LogP contribution in [0.2, 0.25) is 0 Å². The van der Waals surface area contributed by atoms with Crippen LogP contribution in [0.3, 0.4) is 0 Å². The largest absolute Gasteiger partial charge is 0.464 e. The van der Waals surface area contributed by atoms with Crippen molar-refractivity contribution in [2.45, 2.75) is 46.2 Å². The number of likely N-dealkylation sites (N-methyl/N-ethyl adjacent to an activating group) is 1. The first-order chi connectivity index (χ1) is 7.63. The molecule has 1 unspecified atom stereocenters. The maximum Gasteiger partial charge on any atom is 0.122 e. The van der Waals surface area contributed by atoms with Crippen molar-refractivity contribution in [3.63, 3.8) is 0 Å². The normalized spacial score (nSPS) is 13.7. The van der Waals surface area contributed by atoms with Gasteiger partial charge in [0.1, 0.15) is 11.5 Å². The van der Waals surface area contributed by atoms with Crippen molar-refractivity contribution in [1.29, 1.82) is 0 Å². The Morgan fingerprint density at radius 2 is 2.00 bits per heavy atom. The van der Waals surface area contributed by atoms with Crippen molar-refractivity contribution >= 4 is 0 Å². The monoisotopic (exact) mass is 224 g/mol. The van der Waals surface area contributed by atoms with Gasteiger partial charge in [0.2, 0.25) is 0 Å². The third kappa shape index (κ3) is 2.86. The minimum Gasteiger partial charge on any atom is -0.464 e. The van der Waals surface area contributed by atoms with Gasteiger partial charge < -0.3 is 10.2 Å². The fourth-order valence-corrected chi connectivity index (χ4v) is 2.12. The highest BCUT2D eigenvalue weighted by molar-refractivity contribution is 5.11. The number of furan rings is 1. The SMILES string of the molecule is CCc1ccc(C(CN)N(CC)C(C)C)o1. The summed E-state index contributed by atoms with van der Waals surface area (Å²) in [7, 11) is 0. The Morgan fingerprint density at radius 3 is 2.38 bits per heavy atom. The van der Waals surface area contributed by atoms with E-state index in [9.17, 15) is 0 Å². The molecule has 1 heterocycles. The van der Waals surface area contributed by atoms with E-state index in [1.807, 2.05) is 6.07 Å². The molecular weight excluding hydrogens is 200 g/mol. The minimum atomic E-state index is 0.199. The molecule has 3 heteroatoms. The molecule has 1 aromatic heterocycles. The third-order valence-corrected chi connectivity index (χ3v) is 3.01. The van der Waals surface area contributed by atoms with Crippen molar-refractivity contribution < 1.29 is 4.42 Å². The highest BCUT2D eigenvalue weighted by Gasteiger charge is 2.22. The first-order valence-corrected chi connectivity index (χ1v) is 6.18. The second-order valence-electron chi connectivity index (χ2n) is 4.33. The second kappa shape index (κ2) is 6.06. The van der Waals surface area contributed by atoms with E-state index in [2.05, 4.69) is 38.7 Å². The predicted molar refractivity (Wildman–Crippen MR) is 67.4 cm³/mol. The van der Waals surface area contributed by atoms with Gasteiger partial charge in [-0.25, -0.2) is 0 Å². The summed E-state index contributed by atoms with van der Waals surface area (Å²) in [4.78, 5) is 2.36. The highest BCUT2D eigenvalue weighted by Crippen LogP contribution is 2.23. The van der Waals surface area contributed by atoms with Crippen molar-refractivity contribution in [3.8, 4) is 0 Å². The molecule has 1 atom stereocenters. The number of rotatable bonds is 6. The van der Waals surface area contributed by atoms with Crippen molar-refractivity contribution in [2.24, 2.45) is 5.73 Å². The molecular formula is C13H24N2O. The molecule has 0 aliphatic heterocycles. The molecule has 0 bridgehead atoms. The van der Waals surface area contributed by atoms with E-state index in [1.165, 1.54) is 0 Å². The Bertz CT molecular complexity index is 307. The molecule has 1 aromatic rings. The van der Waals surface area contributed by atoms with Crippen LogP contribution in [0.25, 0.3) is 0 Å². The molecule has 1 rings (SSSR count). The third-order valence-electron chi connectivity index (χ3n) is 3.01. The Balaban J connectivity index is 2.87. The Labute approximate surface area is 98.6 Å². The van der Waals surface area contributed by atoms with E-state index in [0.29, 0.717) is 12.6 Å². The van der Waals surface area contributed by atoms with Crippen molar-refractivity contribution in [1.82, 2.24) is 4.90 Å². The first kappa shape index (κ1) is 13.3. The van der Waals surface area contributed by atoms with Crippen LogP contribution in [-0.4, -0.2) is 24.0 Å². The molecule has 2 N–H and O–H groups in total. The van der Waals surface area contributed by atoms with Crippen LogP contribution >= 0.6 is 0 Å². The summed E-state index contributed by atoms with van der Waals surface area (Å²) in [5.74, 6) is 2.03. The molecule has 92 valence electrons. The fourth-order valence-electron chi connectivity index (χ4n) is 2.12. The number of nitrogens with zero attached hydrogens (tertiary/aromatic N) is 1. The fraction of sp³-hybridized carbons (Fsp3) is 0.692. The second-order valence-corrected chi connectivity index (χ2v) is 4.33. The van der Waals surface area contributed by atoms with Gasteiger partial charge in [0.15, 0.2) is 0 Å². The van der Waals surface area contributed by atoms with Crippen molar-refractivity contribution in [2.75, 3.05) is 13.1 Å². The Hall–Kier alpha value is -0.800. The average molecular weight is 224 g/mol. The smallest absolute Gasteiger partial charge is 0.122 e. The van der Waals surface area contributed by atoms with Gasteiger partial charge in [-0.05, 0) is 32.5 Å². The minimum absolute atomic E-state index is 0.199. The van der Waals surface area contributed by atoms with Gasteiger partial charge in [0.05, 0.1) is 6.04 Å². The lowest BCUT2D eigenvalue weighted by Crippen LogP contribution is -2.38. The van der Waals surface area contributed by atoms with E-state index in [-0.39, 0.29) is 6.04 Å². The number of hydrogen-bond donors (Lipinski definition) is 1. The molecule has 0 aliphatic carbocycles. The lowest BCUT2D eigenvalue weighted by Gasteiger charge is -2.31. The van der Waals surface area contributed by atoms with Crippen LogP contribution in [0.15, 0.2) is 16.5 Å². The average Bonchev–Trinajstić information content (AvgIpc) is 2.73. The van der Waals surface area contributed by atoms with Crippen LogP contribution < -0.4 is 5.73 Å². The van der Waals surface area contributed by atoms with Crippen LogP contribution in [0.1, 0.15) is 45.3 Å². The van der Waals surface area contributed by atoms with Gasteiger partial charge in [-0.1, -0.05) is 13.8 Å². The number of nitrogens with two attached hydrogens (primary N) is 1. The number of aryl methyl sites for hydroxylation is 1. The van der Waals surface area contributed by atoms with Gasteiger partial charge in [-0.3, -0.25) is 4.90 Å². The van der Waals surface area contributed by atoms with E-state index in [1.54, 1.807) is 0 Å². The molecule has 0 radical (unpaired) electrons. The molecule has 0 amide bonds. The molecule has 16 heavy (non-hydrogen) atoms. The quantitative estimate of drug-likeness (QED) is 0.807. The van der Waals surface area contributed by atoms with Crippen LogP contribution in [0, 0.1) is 0 Å². The van der Waals surface area contributed by atoms with Crippen molar-refractivity contribution in [3.05, 3.63) is 23.7 Å². The molecule has 0 aromatic carbocycles. The lowest BCUT2D eigenvalue weighted by atomic mass is 10.1. The summed E-state index contributed by atoms with van der Waals surface area (Å²) < 4.78 is 5.80. The molecule has 0 saturated heterocycles. The molecule has 0 aliphatic rings. The van der Waals surface area contributed by atoms with Crippen LogP contribution in [-0.2, 0) is 6.42 Å². The summed E-state index contributed by atoms with van der Waals surface area (Å²) in [6, 6.07) is 4.78. The van der Waals surface area contributed by atoms with Gasteiger partial charge in [0, 0.05) is 19.0 Å². The highest BCUT2D eigenvalue weighted by atomic mass is 16.3. The van der Waals surface area contributed by atoms with Gasteiger partial charge >= 0.3 is 0 Å². The number of hydrogen-bond acceptors (Lipinski definition) is 3. The molecule has 0 spiro atoms. The van der Waals surface area contributed by atoms with Gasteiger partial charge in [-0.15, -0.1) is 0 Å². The molecule has 0 fully saturated rings. The van der Waals surface area contributed by atoms with E-state index >= 15 is 0 Å². The van der Waals surface area contributed by atoms with E-state index in [0.717, 1.165) is 24.5 Å². The Kier molecular flexibility index (Phi) is 5.03. The Morgan fingerprint density at radius 1 is 1.31 bits per heavy atom. The van der Waals surface area contributed by atoms with E-state index < -0.39 is 0 Å². The molecule has 0 saturated carbocycles. The van der Waals surface area contributed by atoms with Crippen LogP contribution in [0.5, 0.6) is 0 Å². The lowest BCUT2D eigenvalue weighted by molar-refractivity contribution is 0.146. The van der Waals surface area contributed by atoms with Crippen LogP contribution in [0.4, 0.5) is 0 Å². The maximum absolute atomic E-state index is 5.87. The van der Waals surface area contributed by atoms with E-state index in [4.69, 9.17) is 10.2 Å². The predicted octanol–water partition coefficient (Wildman–Crippen LogP) is 2.57. The molecule has 3 nitrogen and oxygen atoms in total. The maximum atomic E-state index is 5.87. The topological polar surface area (TPSA) is 42.4 Å². The zero-order chi connectivity index (χ0) is 12.1. The van der Waals surface area contributed by atoms with Gasteiger partial charge in [0.25, 0.3) is 0 Å². The summed E-state index contributed by atoms with van der Waals surface area (Å²) >= 11 is 0. The van der Waals surface area contributed by atoms with Gasteiger partial charge in [-0.2, -0.15) is 0 Å². The zero-order valence-electron chi connectivity index (χ0n) is 10.9. The first-order valence-electron chi connectivity index (χ1n) is 6.18. The summed E-state index contributed by atoms with van der Waals surface area (Å²) in [6.45, 7) is 10.2. The summed E-state index contributed by atoms with van der Waals surface area (Å²) in [6.07, 6.45) is 0.936. The summed E-state index contributed by atoms with van der Waals surface area (Å²) in [5.41, 5.74) is 5.87. The summed E-state index contributed by atoms with van der Waals surface area (Å²) in [5, 5.41) is 0. The standard InChI is InChI=1S/C13H24N2O/c1-5-11-7-8-13(16-11)12(9-14)15(6-2)10(3)4/h7-8,10,12H,5-6,9,14H2,1-4H3. The zero-order valence-corrected chi connectivity index (χ0v) is 10.9.